The van der Waals surface area contributed by atoms with Crippen molar-refractivity contribution in [3.05, 3.63) is 33.8 Å². The van der Waals surface area contributed by atoms with Crippen LogP contribution in [0, 0.1) is 0 Å². The van der Waals surface area contributed by atoms with E-state index in [1.54, 1.807) is 23.1 Å². The Hall–Kier alpha value is -0.820. The maximum atomic E-state index is 12.4. The van der Waals surface area contributed by atoms with Crippen LogP contribution in [-0.2, 0) is 21.2 Å². The summed E-state index contributed by atoms with van der Waals surface area (Å²) in [5, 5.41) is 0.902. The summed E-state index contributed by atoms with van der Waals surface area (Å²) in [6.07, 6.45) is 2.13. The minimum Gasteiger partial charge on any atom is -0.342 e. The zero-order valence-corrected chi connectivity index (χ0v) is 15.9. The molecule has 1 N–H and O–H groups in total. The molecule has 8 heteroatoms. The minimum absolute atomic E-state index is 0.0169. The number of rotatable bonds is 6. The van der Waals surface area contributed by atoms with Gasteiger partial charge in [-0.3, -0.25) is 4.79 Å². The predicted molar refractivity (Wildman–Crippen MR) is 97.0 cm³/mol. The number of sulfonamides is 1. The van der Waals surface area contributed by atoms with Gasteiger partial charge in [0.1, 0.15) is 0 Å². The highest BCUT2D eigenvalue weighted by molar-refractivity contribution is 7.89. The number of hydrogen-bond donors (Lipinski definition) is 1. The number of amides is 1. The molecule has 1 aromatic rings. The van der Waals surface area contributed by atoms with Crippen LogP contribution in [0.4, 0.5) is 0 Å². The van der Waals surface area contributed by atoms with Crippen molar-refractivity contribution in [2.45, 2.75) is 38.6 Å². The number of nitrogens with one attached hydrogen (secondary N) is 1. The fourth-order valence-corrected chi connectivity index (χ4v) is 4.48. The Morgan fingerprint density at radius 3 is 2.50 bits per heavy atom. The van der Waals surface area contributed by atoms with E-state index < -0.39 is 10.0 Å². The van der Waals surface area contributed by atoms with Gasteiger partial charge in [0.2, 0.25) is 15.9 Å². The molecule has 1 saturated heterocycles. The summed E-state index contributed by atoms with van der Waals surface area (Å²) in [6.45, 7) is 2.95. The Kier molecular flexibility index (Phi) is 6.92. The van der Waals surface area contributed by atoms with E-state index in [4.69, 9.17) is 23.2 Å². The summed E-state index contributed by atoms with van der Waals surface area (Å²) < 4.78 is 26.3. The zero-order chi connectivity index (χ0) is 17.7. The number of hydrogen-bond acceptors (Lipinski definition) is 3. The molecule has 1 amide bonds. The van der Waals surface area contributed by atoms with E-state index in [0.29, 0.717) is 42.4 Å². The quantitative estimate of drug-likeness (QED) is 0.808. The van der Waals surface area contributed by atoms with Crippen LogP contribution in [-0.4, -0.2) is 44.1 Å². The van der Waals surface area contributed by atoms with Gasteiger partial charge in [0, 0.05) is 19.1 Å². The molecule has 0 radical (unpaired) electrons. The molecular weight excluding hydrogens is 371 g/mol. The molecule has 5 nitrogen and oxygen atoms in total. The lowest BCUT2D eigenvalue weighted by Crippen LogP contribution is -2.47. The predicted octanol–water partition coefficient (Wildman–Crippen LogP) is 2.86. The Morgan fingerprint density at radius 2 is 1.92 bits per heavy atom. The normalized spacial score (nSPS) is 16.4. The molecule has 1 aliphatic heterocycles. The number of piperidine rings is 1. The Labute approximate surface area is 153 Å². The van der Waals surface area contributed by atoms with Gasteiger partial charge in [0.15, 0.2) is 0 Å². The van der Waals surface area contributed by atoms with Gasteiger partial charge in [-0.15, -0.1) is 0 Å². The Balaban J connectivity index is 1.85. The topological polar surface area (TPSA) is 66.5 Å². The van der Waals surface area contributed by atoms with Crippen molar-refractivity contribution >= 4 is 39.1 Å². The van der Waals surface area contributed by atoms with Crippen LogP contribution in [0.15, 0.2) is 18.2 Å². The van der Waals surface area contributed by atoms with Gasteiger partial charge in [-0.05, 0) is 37.0 Å². The number of halogens is 2. The fourth-order valence-electron chi connectivity index (χ4n) is 2.76. The van der Waals surface area contributed by atoms with Crippen LogP contribution < -0.4 is 4.72 Å². The smallest absolute Gasteiger partial charge is 0.226 e. The van der Waals surface area contributed by atoms with E-state index >= 15 is 0 Å². The third-order valence-electron chi connectivity index (χ3n) is 4.01. The molecule has 0 bridgehead atoms. The first-order chi connectivity index (χ1) is 11.3. The van der Waals surface area contributed by atoms with E-state index in [1.165, 1.54) is 0 Å². The van der Waals surface area contributed by atoms with Gasteiger partial charge in [-0.2, -0.15) is 0 Å². The lowest BCUT2D eigenvalue weighted by atomic mass is 10.0. The lowest BCUT2D eigenvalue weighted by Gasteiger charge is -2.32. The zero-order valence-electron chi connectivity index (χ0n) is 13.6. The van der Waals surface area contributed by atoms with Gasteiger partial charge in [0.25, 0.3) is 0 Å². The first-order valence-electron chi connectivity index (χ1n) is 8.02. The SMILES string of the molecule is CCCS(=O)(=O)NC1CCN(C(=O)Cc2ccc(Cl)c(Cl)c2)CC1. The van der Waals surface area contributed by atoms with Crippen molar-refractivity contribution in [3.8, 4) is 0 Å². The van der Waals surface area contributed by atoms with Crippen molar-refractivity contribution in [1.29, 1.82) is 0 Å². The monoisotopic (exact) mass is 392 g/mol. The Bertz CT molecular complexity index is 687. The van der Waals surface area contributed by atoms with Gasteiger partial charge < -0.3 is 4.90 Å². The van der Waals surface area contributed by atoms with Crippen LogP contribution in [0.5, 0.6) is 0 Å². The number of carbonyl (C=O) groups is 1. The summed E-state index contributed by atoms with van der Waals surface area (Å²) >= 11 is 11.8. The van der Waals surface area contributed by atoms with Gasteiger partial charge in [-0.25, -0.2) is 13.1 Å². The molecule has 134 valence electrons. The van der Waals surface area contributed by atoms with Crippen molar-refractivity contribution in [2.24, 2.45) is 0 Å². The van der Waals surface area contributed by atoms with Crippen LogP contribution in [0.2, 0.25) is 10.0 Å². The maximum Gasteiger partial charge on any atom is 0.226 e. The first kappa shape index (κ1) is 19.5. The average Bonchev–Trinajstić information content (AvgIpc) is 2.51. The molecule has 0 aromatic heterocycles. The highest BCUT2D eigenvalue weighted by Gasteiger charge is 2.25. The van der Waals surface area contributed by atoms with E-state index in [0.717, 1.165) is 5.56 Å². The van der Waals surface area contributed by atoms with E-state index in [-0.39, 0.29) is 24.1 Å². The molecule has 0 spiro atoms. The summed E-state index contributed by atoms with van der Waals surface area (Å²) in [6, 6.07) is 5.09. The minimum atomic E-state index is -3.21. The van der Waals surface area contributed by atoms with Gasteiger partial charge >= 0.3 is 0 Å². The molecule has 1 aliphatic rings. The van der Waals surface area contributed by atoms with Crippen LogP contribution in [0.3, 0.4) is 0 Å². The van der Waals surface area contributed by atoms with E-state index in [1.807, 2.05) is 6.92 Å². The second-order valence-corrected chi connectivity index (χ2v) is 8.70. The number of carbonyl (C=O) groups excluding carboxylic acids is 1. The van der Waals surface area contributed by atoms with Crippen LogP contribution >= 0.6 is 23.2 Å². The molecule has 0 saturated carbocycles. The number of likely N-dealkylation sites (tertiary alicyclic amines) is 1. The summed E-state index contributed by atoms with van der Waals surface area (Å²) in [5.74, 6) is 0.159. The molecule has 2 rings (SSSR count). The highest BCUT2D eigenvalue weighted by atomic mass is 35.5. The second kappa shape index (κ2) is 8.52. The van der Waals surface area contributed by atoms with E-state index in [2.05, 4.69) is 4.72 Å². The van der Waals surface area contributed by atoms with Crippen molar-refractivity contribution < 1.29 is 13.2 Å². The largest absolute Gasteiger partial charge is 0.342 e. The number of nitrogens with zero attached hydrogens (tertiary/aromatic N) is 1. The maximum absolute atomic E-state index is 12.4. The summed E-state index contributed by atoms with van der Waals surface area (Å²) in [5.41, 5.74) is 0.820. The molecule has 1 fully saturated rings. The average molecular weight is 393 g/mol. The molecule has 1 heterocycles. The highest BCUT2D eigenvalue weighted by Crippen LogP contribution is 2.23. The second-order valence-electron chi connectivity index (χ2n) is 6.02. The van der Waals surface area contributed by atoms with Crippen molar-refractivity contribution in [3.63, 3.8) is 0 Å². The van der Waals surface area contributed by atoms with Crippen LogP contribution in [0.25, 0.3) is 0 Å². The van der Waals surface area contributed by atoms with Crippen molar-refractivity contribution in [1.82, 2.24) is 9.62 Å². The molecule has 24 heavy (non-hydrogen) atoms. The Morgan fingerprint density at radius 1 is 1.25 bits per heavy atom. The standard InChI is InChI=1S/C16H22Cl2N2O3S/c1-2-9-24(22,23)19-13-5-7-20(8-6-13)16(21)11-12-3-4-14(17)15(18)10-12/h3-4,10,13,19H,2,5-9,11H2,1H3. The third-order valence-corrected chi connectivity index (χ3v) is 6.38. The molecule has 1 aromatic carbocycles. The lowest BCUT2D eigenvalue weighted by molar-refractivity contribution is -0.131. The van der Waals surface area contributed by atoms with E-state index in [9.17, 15) is 13.2 Å². The summed E-state index contributed by atoms with van der Waals surface area (Å²) in [7, 11) is -3.21. The van der Waals surface area contributed by atoms with Crippen molar-refractivity contribution in [2.75, 3.05) is 18.8 Å². The van der Waals surface area contributed by atoms with Gasteiger partial charge in [-0.1, -0.05) is 36.2 Å². The summed E-state index contributed by atoms with van der Waals surface area (Å²) in [4.78, 5) is 14.1. The first-order valence-corrected chi connectivity index (χ1v) is 10.4. The fraction of sp³-hybridized carbons (Fsp3) is 0.562. The molecular formula is C16H22Cl2N2O3S. The number of benzene rings is 1. The van der Waals surface area contributed by atoms with Gasteiger partial charge in [0.05, 0.1) is 22.2 Å². The molecule has 0 atom stereocenters. The third kappa shape index (κ3) is 5.62. The van der Waals surface area contributed by atoms with Crippen LogP contribution in [0.1, 0.15) is 31.7 Å². The molecule has 0 aliphatic carbocycles. The molecule has 0 unspecified atom stereocenters.